The molecule has 0 radical (unpaired) electrons. The molecule has 1 heterocycles. The quantitative estimate of drug-likeness (QED) is 0.638. The molecule has 4 N–H and O–H groups in total. The van der Waals surface area contributed by atoms with E-state index in [1.54, 1.807) is 0 Å². The van der Waals surface area contributed by atoms with Crippen LogP contribution in [0.15, 0.2) is 0 Å². The van der Waals surface area contributed by atoms with Gasteiger partial charge in [-0.25, -0.2) is 0 Å². The van der Waals surface area contributed by atoms with Gasteiger partial charge in [-0.2, -0.15) is 0 Å². The van der Waals surface area contributed by atoms with E-state index >= 15 is 0 Å². The summed E-state index contributed by atoms with van der Waals surface area (Å²) in [6.45, 7) is 9.31. The normalized spacial score (nSPS) is 22.3. The van der Waals surface area contributed by atoms with Crippen LogP contribution in [-0.4, -0.2) is 43.7 Å². The first-order valence-corrected chi connectivity index (χ1v) is 7.74. The lowest BCUT2D eigenvalue weighted by atomic mass is 9.93. The fourth-order valence-electron chi connectivity index (χ4n) is 2.51. The fraction of sp³-hybridized carbons (Fsp3) is 0.867. The number of rotatable bonds is 7. The van der Waals surface area contributed by atoms with E-state index in [9.17, 15) is 9.59 Å². The van der Waals surface area contributed by atoms with Crippen LogP contribution >= 0.6 is 12.4 Å². The molecule has 22 heavy (non-hydrogen) atoms. The highest BCUT2D eigenvalue weighted by Gasteiger charge is 2.30. The number of amides is 2. The zero-order chi connectivity index (χ0) is 16.0. The number of hydrogen-bond acceptors (Lipinski definition) is 4. The van der Waals surface area contributed by atoms with Crippen molar-refractivity contribution in [3.8, 4) is 0 Å². The average Bonchev–Trinajstić information content (AvgIpc) is 2.90. The van der Waals surface area contributed by atoms with Gasteiger partial charge in [-0.15, -0.1) is 12.4 Å². The van der Waals surface area contributed by atoms with Crippen LogP contribution in [0.4, 0.5) is 0 Å². The molecule has 3 atom stereocenters. The number of halogens is 1. The van der Waals surface area contributed by atoms with Crippen LogP contribution in [-0.2, 0) is 14.3 Å². The summed E-state index contributed by atoms with van der Waals surface area (Å²) < 4.78 is 5.68. The molecule has 1 aliphatic rings. The molecule has 0 spiro atoms. The van der Waals surface area contributed by atoms with Crippen LogP contribution in [0.2, 0.25) is 0 Å². The molecular weight excluding hydrogens is 306 g/mol. The SMILES string of the molecule is CC(C)C1OCCC1CNC(=O)CNC(=O)[C@@H](N)C(C)C.Cl. The Morgan fingerprint density at radius 2 is 1.86 bits per heavy atom. The third-order valence-corrected chi connectivity index (χ3v) is 3.93. The van der Waals surface area contributed by atoms with Gasteiger partial charge in [0.1, 0.15) is 0 Å². The molecule has 0 bridgehead atoms. The van der Waals surface area contributed by atoms with E-state index in [-0.39, 0.29) is 42.8 Å². The van der Waals surface area contributed by atoms with Crippen LogP contribution in [0.1, 0.15) is 34.1 Å². The third kappa shape index (κ3) is 6.50. The van der Waals surface area contributed by atoms with Crippen molar-refractivity contribution in [3.05, 3.63) is 0 Å². The molecule has 1 aliphatic heterocycles. The lowest BCUT2D eigenvalue weighted by molar-refractivity contribution is -0.127. The molecule has 0 aromatic carbocycles. The topological polar surface area (TPSA) is 93.5 Å². The predicted molar refractivity (Wildman–Crippen MR) is 88.8 cm³/mol. The molecular formula is C15H30ClN3O3. The minimum atomic E-state index is -0.577. The number of nitrogens with two attached hydrogens (primary N) is 1. The van der Waals surface area contributed by atoms with Gasteiger partial charge < -0.3 is 21.1 Å². The van der Waals surface area contributed by atoms with Crippen LogP contribution in [0.5, 0.6) is 0 Å². The Kier molecular flexibility index (Phi) is 9.64. The second-order valence-corrected chi connectivity index (χ2v) is 6.42. The molecule has 2 amide bonds. The first-order chi connectivity index (χ1) is 9.82. The van der Waals surface area contributed by atoms with E-state index in [0.29, 0.717) is 18.4 Å². The van der Waals surface area contributed by atoms with Gasteiger partial charge in [0.05, 0.1) is 18.7 Å². The van der Waals surface area contributed by atoms with E-state index in [2.05, 4.69) is 24.5 Å². The van der Waals surface area contributed by atoms with Gasteiger partial charge in [-0.1, -0.05) is 27.7 Å². The van der Waals surface area contributed by atoms with Crippen molar-refractivity contribution in [1.82, 2.24) is 10.6 Å². The standard InChI is InChI=1S/C15H29N3O3.ClH/c1-9(2)13(16)15(20)18-8-12(19)17-7-11-5-6-21-14(11)10(3)4;/h9-11,13-14H,5-8,16H2,1-4H3,(H,17,19)(H,18,20);1H/t11?,13-,14?;/m0./s1. The van der Waals surface area contributed by atoms with Gasteiger partial charge in [-0.3, -0.25) is 9.59 Å². The molecule has 130 valence electrons. The Morgan fingerprint density at radius 1 is 1.23 bits per heavy atom. The number of nitrogens with one attached hydrogen (secondary N) is 2. The molecule has 1 fully saturated rings. The van der Waals surface area contributed by atoms with E-state index in [1.165, 1.54) is 0 Å². The molecule has 1 rings (SSSR count). The predicted octanol–water partition coefficient (Wildman–Crippen LogP) is 0.685. The Balaban J connectivity index is 0.00000441. The molecule has 6 nitrogen and oxygen atoms in total. The smallest absolute Gasteiger partial charge is 0.239 e. The summed E-state index contributed by atoms with van der Waals surface area (Å²) in [6.07, 6.45) is 1.17. The van der Waals surface area contributed by atoms with Crippen molar-refractivity contribution in [2.24, 2.45) is 23.5 Å². The molecule has 7 heteroatoms. The van der Waals surface area contributed by atoms with Gasteiger partial charge in [-0.05, 0) is 18.3 Å². The first-order valence-electron chi connectivity index (χ1n) is 7.74. The number of hydrogen-bond donors (Lipinski definition) is 3. The van der Waals surface area contributed by atoms with Crippen molar-refractivity contribution in [1.29, 1.82) is 0 Å². The van der Waals surface area contributed by atoms with Crippen LogP contribution in [0, 0.1) is 17.8 Å². The molecule has 0 aliphatic carbocycles. The number of carbonyl (C=O) groups is 2. The second-order valence-electron chi connectivity index (χ2n) is 6.42. The maximum atomic E-state index is 11.8. The minimum Gasteiger partial charge on any atom is -0.378 e. The van der Waals surface area contributed by atoms with Crippen molar-refractivity contribution < 1.29 is 14.3 Å². The van der Waals surface area contributed by atoms with Gasteiger partial charge >= 0.3 is 0 Å². The van der Waals surface area contributed by atoms with Crippen LogP contribution in [0.3, 0.4) is 0 Å². The molecule has 0 saturated carbocycles. The van der Waals surface area contributed by atoms with Gasteiger partial charge in [0.25, 0.3) is 0 Å². The van der Waals surface area contributed by atoms with Crippen molar-refractivity contribution in [2.75, 3.05) is 19.7 Å². The van der Waals surface area contributed by atoms with Gasteiger partial charge in [0.2, 0.25) is 11.8 Å². The van der Waals surface area contributed by atoms with E-state index < -0.39 is 6.04 Å². The van der Waals surface area contributed by atoms with Crippen LogP contribution < -0.4 is 16.4 Å². The summed E-state index contributed by atoms with van der Waals surface area (Å²) in [5.41, 5.74) is 5.71. The first kappa shape index (κ1) is 21.1. The van der Waals surface area contributed by atoms with Crippen molar-refractivity contribution in [3.63, 3.8) is 0 Å². The minimum absolute atomic E-state index is 0. The zero-order valence-electron chi connectivity index (χ0n) is 13.9. The Labute approximate surface area is 139 Å². The lowest BCUT2D eigenvalue weighted by Crippen LogP contribution is -2.47. The Hall–Kier alpha value is -0.850. The van der Waals surface area contributed by atoms with Gasteiger partial charge in [0, 0.05) is 19.1 Å². The van der Waals surface area contributed by atoms with Crippen LogP contribution in [0.25, 0.3) is 0 Å². The maximum absolute atomic E-state index is 11.8. The van der Waals surface area contributed by atoms with E-state index in [4.69, 9.17) is 10.5 Å². The largest absolute Gasteiger partial charge is 0.378 e. The highest BCUT2D eigenvalue weighted by molar-refractivity contribution is 5.87. The highest BCUT2D eigenvalue weighted by atomic mass is 35.5. The highest BCUT2D eigenvalue weighted by Crippen LogP contribution is 2.25. The van der Waals surface area contributed by atoms with Crippen molar-refractivity contribution >= 4 is 24.2 Å². The summed E-state index contributed by atoms with van der Waals surface area (Å²) in [4.78, 5) is 23.4. The summed E-state index contributed by atoms with van der Waals surface area (Å²) in [5, 5.41) is 5.42. The molecule has 0 aromatic heterocycles. The van der Waals surface area contributed by atoms with Crippen molar-refractivity contribution in [2.45, 2.75) is 46.3 Å². The van der Waals surface area contributed by atoms with E-state index in [1.807, 2.05) is 13.8 Å². The zero-order valence-corrected chi connectivity index (χ0v) is 14.7. The summed E-state index contributed by atoms with van der Waals surface area (Å²) in [7, 11) is 0. The Bertz CT molecular complexity index is 364. The molecule has 1 saturated heterocycles. The van der Waals surface area contributed by atoms with E-state index in [0.717, 1.165) is 13.0 Å². The Morgan fingerprint density at radius 3 is 2.41 bits per heavy atom. The third-order valence-electron chi connectivity index (χ3n) is 3.93. The summed E-state index contributed by atoms with van der Waals surface area (Å²) in [6, 6.07) is -0.577. The average molecular weight is 336 g/mol. The number of carbonyl (C=O) groups excluding carboxylic acids is 2. The summed E-state index contributed by atoms with van der Waals surface area (Å²) >= 11 is 0. The molecule has 2 unspecified atom stereocenters. The second kappa shape index (κ2) is 10.0. The van der Waals surface area contributed by atoms with Gasteiger partial charge in [0.15, 0.2) is 0 Å². The number of ether oxygens (including phenoxy) is 1. The monoisotopic (exact) mass is 335 g/mol. The maximum Gasteiger partial charge on any atom is 0.239 e. The fourth-order valence-corrected chi connectivity index (χ4v) is 2.51. The summed E-state index contributed by atoms with van der Waals surface area (Å²) in [5.74, 6) is 0.370. The molecule has 0 aromatic rings. The lowest BCUT2D eigenvalue weighted by Gasteiger charge is -2.22.